The average molecular weight is 543 g/mol. The number of methoxy groups -OCH3 is 2. The molecule has 11 nitrogen and oxygen atoms in total. The average Bonchev–Trinajstić information content (AvgIpc) is 3.66. The molecular formula is C24H33F3N6O5. The number of carbonyl (C=O) groups excluding carboxylic acids is 2. The molecule has 0 radical (unpaired) electrons. The summed E-state index contributed by atoms with van der Waals surface area (Å²) in [5, 5.41) is 10.8. The Morgan fingerprint density at radius 2 is 2.05 bits per heavy atom. The maximum atomic E-state index is 13.6. The number of morpholine rings is 1. The molecule has 0 spiro atoms. The molecule has 0 unspecified atom stereocenters. The zero-order valence-corrected chi connectivity index (χ0v) is 21.6. The van der Waals surface area contributed by atoms with E-state index in [0.29, 0.717) is 37.2 Å². The van der Waals surface area contributed by atoms with E-state index < -0.39 is 30.1 Å². The lowest BCUT2D eigenvalue weighted by Crippen LogP contribution is -2.54. The highest BCUT2D eigenvalue weighted by molar-refractivity contribution is 5.84. The fourth-order valence-electron chi connectivity index (χ4n) is 4.66. The lowest BCUT2D eigenvalue weighted by molar-refractivity contribution is -0.156. The molecule has 1 aliphatic heterocycles. The highest BCUT2D eigenvalue weighted by atomic mass is 19.4. The summed E-state index contributed by atoms with van der Waals surface area (Å²) in [4.78, 5) is 30.6. The van der Waals surface area contributed by atoms with Crippen molar-refractivity contribution in [1.29, 1.82) is 0 Å². The van der Waals surface area contributed by atoms with Crippen molar-refractivity contribution < 1.29 is 37.0 Å². The third kappa shape index (κ3) is 6.35. The van der Waals surface area contributed by atoms with Gasteiger partial charge in [0, 0.05) is 44.7 Å². The third-order valence-corrected chi connectivity index (χ3v) is 6.61. The van der Waals surface area contributed by atoms with Crippen LogP contribution in [0, 0.1) is 0 Å². The number of aryl methyl sites for hydroxylation is 1. The summed E-state index contributed by atoms with van der Waals surface area (Å²) >= 11 is 0. The number of fused-ring (bicyclic) bond motifs is 1. The topological polar surface area (TPSA) is 120 Å². The van der Waals surface area contributed by atoms with Crippen LogP contribution in [0.1, 0.15) is 43.6 Å². The van der Waals surface area contributed by atoms with Crippen molar-refractivity contribution in [3.63, 3.8) is 0 Å². The summed E-state index contributed by atoms with van der Waals surface area (Å²) in [7, 11) is 2.81. The molecule has 2 fully saturated rings. The van der Waals surface area contributed by atoms with Crippen LogP contribution in [0.4, 0.5) is 18.0 Å². The number of alkyl carbamates (subject to hydrolysis) is 1. The molecule has 4 rings (SSSR count). The van der Waals surface area contributed by atoms with E-state index >= 15 is 0 Å². The zero-order valence-electron chi connectivity index (χ0n) is 21.6. The molecule has 2 aliphatic rings. The van der Waals surface area contributed by atoms with Gasteiger partial charge in [0.2, 0.25) is 0 Å². The Morgan fingerprint density at radius 1 is 1.29 bits per heavy atom. The molecule has 0 bridgehead atoms. The van der Waals surface area contributed by atoms with Crippen molar-refractivity contribution in [2.24, 2.45) is 0 Å². The minimum Gasteiger partial charge on any atom is -0.453 e. The number of nitrogens with zero attached hydrogens (tertiary/aromatic N) is 4. The van der Waals surface area contributed by atoms with Gasteiger partial charge in [-0.25, -0.2) is 14.5 Å². The standard InChI is InChI=1S/C24H33F3N6O5/c1-14(33(15-5-6-15)22(34)18-12-28-11-16(38-18)13-36-2)20-17-7-8-19(24(25,26)27)30-21(17)32(31-20)10-4-9-29-23(35)37-3/h7-8,14-16,18,28H,4-6,9-13H2,1-3H3,(H,29,35)/t14-,16+,18-/m1/s1. The molecule has 38 heavy (non-hydrogen) atoms. The number of rotatable bonds is 10. The van der Waals surface area contributed by atoms with E-state index in [1.165, 1.54) is 17.9 Å². The van der Waals surface area contributed by atoms with Crippen LogP contribution >= 0.6 is 0 Å². The number of alkyl halides is 3. The van der Waals surface area contributed by atoms with Crippen molar-refractivity contribution in [2.75, 3.05) is 40.5 Å². The largest absolute Gasteiger partial charge is 0.453 e. The van der Waals surface area contributed by atoms with Crippen LogP contribution in [0.2, 0.25) is 0 Å². The smallest absolute Gasteiger partial charge is 0.433 e. The second-order valence-corrected chi connectivity index (χ2v) is 9.46. The van der Waals surface area contributed by atoms with Gasteiger partial charge in [-0.2, -0.15) is 18.3 Å². The summed E-state index contributed by atoms with van der Waals surface area (Å²) in [5.74, 6) is -0.196. The molecule has 1 saturated heterocycles. The van der Waals surface area contributed by atoms with Gasteiger partial charge in [0.1, 0.15) is 11.8 Å². The third-order valence-electron chi connectivity index (χ3n) is 6.61. The minimum atomic E-state index is -4.62. The lowest BCUT2D eigenvalue weighted by atomic mass is 10.1. The fourth-order valence-corrected chi connectivity index (χ4v) is 4.66. The lowest BCUT2D eigenvalue weighted by Gasteiger charge is -2.36. The number of carbonyl (C=O) groups is 2. The van der Waals surface area contributed by atoms with Gasteiger partial charge in [-0.15, -0.1) is 0 Å². The van der Waals surface area contributed by atoms with E-state index in [9.17, 15) is 22.8 Å². The molecule has 3 atom stereocenters. The maximum absolute atomic E-state index is 13.6. The molecule has 1 saturated carbocycles. The molecule has 14 heteroatoms. The number of amides is 2. The van der Waals surface area contributed by atoms with Gasteiger partial charge in [0.25, 0.3) is 5.91 Å². The van der Waals surface area contributed by atoms with Gasteiger partial charge >= 0.3 is 12.3 Å². The molecular weight excluding hydrogens is 509 g/mol. The molecule has 2 amide bonds. The minimum absolute atomic E-state index is 0.00392. The van der Waals surface area contributed by atoms with Crippen LogP contribution in [0.25, 0.3) is 11.0 Å². The number of hydrogen-bond acceptors (Lipinski definition) is 8. The predicted octanol–water partition coefficient (Wildman–Crippen LogP) is 2.25. The van der Waals surface area contributed by atoms with Gasteiger partial charge in [-0.3, -0.25) is 4.79 Å². The van der Waals surface area contributed by atoms with Crippen molar-refractivity contribution in [3.05, 3.63) is 23.5 Å². The van der Waals surface area contributed by atoms with Crippen LogP contribution in [0.5, 0.6) is 0 Å². The fraction of sp³-hybridized carbons (Fsp3) is 0.667. The van der Waals surface area contributed by atoms with Crippen molar-refractivity contribution in [3.8, 4) is 0 Å². The number of pyridine rings is 1. The van der Waals surface area contributed by atoms with Crippen molar-refractivity contribution in [1.82, 2.24) is 30.3 Å². The first-order valence-electron chi connectivity index (χ1n) is 12.6. The highest BCUT2D eigenvalue weighted by Gasteiger charge is 2.42. The summed E-state index contributed by atoms with van der Waals surface area (Å²) in [6.07, 6.45) is -4.17. The van der Waals surface area contributed by atoms with Gasteiger partial charge in [0.05, 0.1) is 31.6 Å². The molecule has 0 aromatic carbocycles. The highest BCUT2D eigenvalue weighted by Crippen LogP contribution is 2.38. The predicted molar refractivity (Wildman–Crippen MR) is 129 cm³/mol. The number of ether oxygens (including phenoxy) is 3. The van der Waals surface area contributed by atoms with Gasteiger partial charge < -0.3 is 29.7 Å². The first-order chi connectivity index (χ1) is 18.1. The van der Waals surface area contributed by atoms with Crippen LogP contribution in [-0.4, -0.2) is 90.4 Å². The van der Waals surface area contributed by atoms with Gasteiger partial charge in [-0.05, 0) is 38.3 Å². The Hall–Kier alpha value is -2.97. The first-order valence-corrected chi connectivity index (χ1v) is 12.6. The van der Waals surface area contributed by atoms with Crippen LogP contribution in [0.3, 0.4) is 0 Å². The van der Waals surface area contributed by atoms with Gasteiger partial charge in [0.15, 0.2) is 5.65 Å². The van der Waals surface area contributed by atoms with Crippen LogP contribution < -0.4 is 10.6 Å². The van der Waals surface area contributed by atoms with Crippen LogP contribution in [0.15, 0.2) is 12.1 Å². The SMILES string of the molecule is COC[C@@H]1CNC[C@H](C(=O)N(C2CC2)[C@H](C)c2nn(CCCNC(=O)OC)c3nc(C(F)(F)F)ccc23)O1. The molecule has 3 heterocycles. The molecule has 1 aliphatic carbocycles. The second-order valence-electron chi connectivity index (χ2n) is 9.46. The van der Waals surface area contributed by atoms with Crippen LogP contribution in [-0.2, 0) is 31.7 Å². The van der Waals surface area contributed by atoms with Gasteiger partial charge in [-0.1, -0.05) is 0 Å². The number of halogens is 3. The summed E-state index contributed by atoms with van der Waals surface area (Å²) in [6.45, 7) is 3.54. The Labute approximate surface area is 218 Å². The monoisotopic (exact) mass is 542 g/mol. The first kappa shape index (κ1) is 28.0. The van der Waals surface area contributed by atoms with Crippen molar-refractivity contribution in [2.45, 2.75) is 63.2 Å². The molecule has 2 aromatic heterocycles. The Morgan fingerprint density at radius 3 is 2.71 bits per heavy atom. The number of nitrogens with one attached hydrogen (secondary N) is 2. The van der Waals surface area contributed by atoms with E-state index in [4.69, 9.17) is 9.47 Å². The zero-order chi connectivity index (χ0) is 27.4. The van der Waals surface area contributed by atoms with E-state index in [1.807, 2.05) is 6.92 Å². The normalized spacial score (nSPS) is 20.8. The number of hydrogen-bond donors (Lipinski definition) is 2. The number of aromatic nitrogens is 3. The van der Waals surface area contributed by atoms with E-state index in [-0.39, 0.29) is 36.8 Å². The maximum Gasteiger partial charge on any atom is 0.433 e. The Balaban J connectivity index is 1.62. The second kappa shape index (κ2) is 11.8. The molecule has 210 valence electrons. The van der Waals surface area contributed by atoms with E-state index in [0.717, 1.165) is 18.9 Å². The van der Waals surface area contributed by atoms with E-state index in [1.54, 1.807) is 12.0 Å². The molecule has 2 aromatic rings. The Bertz CT molecular complexity index is 1140. The quantitative estimate of drug-likeness (QED) is 0.439. The van der Waals surface area contributed by atoms with E-state index in [2.05, 4.69) is 25.5 Å². The summed E-state index contributed by atoms with van der Waals surface area (Å²) in [6, 6.07) is 1.75. The summed E-state index contributed by atoms with van der Waals surface area (Å²) in [5.41, 5.74) is -0.502. The Kier molecular flexibility index (Phi) is 8.73. The summed E-state index contributed by atoms with van der Waals surface area (Å²) < 4.78 is 57.5. The molecule has 2 N–H and O–H groups in total. The van der Waals surface area contributed by atoms with Crippen molar-refractivity contribution >= 4 is 23.0 Å².